The summed E-state index contributed by atoms with van der Waals surface area (Å²) in [4.78, 5) is 10.2. The van der Waals surface area contributed by atoms with Crippen molar-refractivity contribution < 1.29 is 23.5 Å². The zero-order chi connectivity index (χ0) is 15.4. The van der Waals surface area contributed by atoms with E-state index in [0.717, 1.165) is 30.3 Å². The quantitative estimate of drug-likeness (QED) is 0.680. The first-order valence-electron chi connectivity index (χ1n) is 5.96. The number of rotatable bonds is 5. The van der Waals surface area contributed by atoms with Gasteiger partial charge in [0.05, 0.1) is 17.1 Å². The van der Waals surface area contributed by atoms with E-state index in [4.69, 9.17) is 9.84 Å². The summed E-state index contributed by atoms with van der Waals surface area (Å²) in [7, 11) is 0. The first-order valence-corrected chi connectivity index (χ1v) is 5.96. The van der Waals surface area contributed by atoms with E-state index in [9.17, 15) is 18.9 Å². The third-order valence-electron chi connectivity index (χ3n) is 2.81. The molecule has 0 saturated carbocycles. The van der Waals surface area contributed by atoms with Crippen molar-refractivity contribution in [3.8, 4) is 5.75 Å². The van der Waals surface area contributed by atoms with Crippen LogP contribution in [0.25, 0.3) is 0 Å². The highest BCUT2D eigenvalue weighted by Gasteiger charge is 2.15. The SMILES string of the molecule is O=[N+]([O-])c1ccc(F)cc1COc1ccc(F)cc1CO. The number of aliphatic hydroxyl groups excluding tert-OH is 1. The van der Waals surface area contributed by atoms with Gasteiger partial charge in [-0.2, -0.15) is 0 Å². The van der Waals surface area contributed by atoms with E-state index in [1.807, 2.05) is 0 Å². The Morgan fingerprint density at radius 3 is 2.33 bits per heavy atom. The highest BCUT2D eigenvalue weighted by Crippen LogP contribution is 2.24. The molecule has 0 aliphatic heterocycles. The fraction of sp³-hybridized carbons (Fsp3) is 0.143. The zero-order valence-electron chi connectivity index (χ0n) is 10.8. The van der Waals surface area contributed by atoms with Gasteiger partial charge in [-0.05, 0) is 30.3 Å². The molecule has 2 aromatic carbocycles. The van der Waals surface area contributed by atoms with Gasteiger partial charge in [-0.3, -0.25) is 10.1 Å². The van der Waals surface area contributed by atoms with Crippen LogP contribution >= 0.6 is 0 Å². The lowest BCUT2D eigenvalue weighted by molar-refractivity contribution is -0.385. The molecule has 0 aliphatic rings. The summed E-state index contributed by atoms with van der Waals surface area (Å²) in [6.07, 6.45) is 0. The second kappa shape index (κ2) is 6.27. The fourth-order valence-electron chi connectivity index (χ4n) is 1.82. The molecule has 0 fully saturated rings. The van der Waals surface area contributed by atoms with Crippen molar-refractivity contribution in [3.63, 3.8) is 0 Å². The summed E-state index contributed by atoms with van der Waals surface area (Å²) in [5.41, 5.74) is -0.0219. The van der Waals surface area contributed by atoms with Gasteiger partial charge in [-0.25, -0.2) is 8.78 Å². The minimum absolute atomic E-state index is 0.0493. The van der Waals surface area contributed by atoms with Crippen molar-refractivity contribution in [2.75, 3.05) is 0 Å². The normalized spacial score (nSPS) is 10.4. The van der Waals surface area contributed by atoms with Crippen LogP contribution in [-0.2, 0) is 13.2 Å². The lowest BCUT2D eigenvalue weighted by Gasteiger charge is -2.10. The molecule has 21 heavy (non-hydrogen) atoms. The average molecular weight is 295 g/mol. The van der Waals surface area contributed by atoms with Crippen LogP contribution in [0.1, 0.15) is 11.1 Å². The monoisotopic (exact) mass is 295 g/mol. The smallest absolute Gasteiger partial charge is 0.276 e. The molecule has 1 N–H and O–H groups in total. The van der Waals surface area contributed by atoms with Crippen molar-refractivity contribution in [1.29, 1.82) is 0 Å². The molecule has 0 unspecified atom stereocenters. The van der Waals surface area contributed by atoms with E-state index in [-0.39, 0.29) is 29.2 Å². The van der Waals surface area contributed by atoms with Crippen LogP contribution in [0, 0.1) is 21.7 Å². The van der Waals surface area contributed by atoms with Crippen molar-refractivity contribution >= 4 is 5.69 Å². The van der Waals surface area contributed by atoms with Gasteiger partial charge < -0.3 is 9.84 Å². The molecule has 5 nitrogen and oxygen atoms in total. The first-order chi connectivity index (χ1) is 10.0. The van der Waals surface area contributed by atoms with Crippen LogP contribution in [0.15, 0.2) is 36.4 Å². The van der Waals surface area contributed by atoms with E-state index >= 15 is 0 Å². The molecule has 0 spiro atoms. The molecular formula is C14H11F2NO4. The van der Waals surface area contributed by atoms with Gasteiger partial charge in [-0.15, -0.1) is 0 Å². The van der Waals surface area contributed by atoms with Crippen LogP contribution < -0.4 is 4.74 Å². The Hall–Kier alpha value is -2.54. The molecule has 2 aromatic rings. The largest absolute Gasteiger partial charge is 0.488 e. The first kappa shape index (κ1) is 14.9. The number of hydrogen-bond donors (Lipinski definition) is 1. The Labute approximate surface area is 118 Å². The zero-order valence-corrected chi connectivity index (χ0v) is 10.8. The minimum atomic E-state index is -0.643. The molecule has 2 rings (SSSR count). The van der Waals surface area contributed by atoms with Crippen LogP contribution in [-0.4, -0.2) is 10.0 Å². The lowest BCUT2D eigenvalue weighted by atomic mass is 10.2. The Kier molecular flexibility index (Phi) is 4.44. The van der Waals surface area contributed by atoms with Crippen LogP contribution in [0.5, 0.6) is 5.75 Å². The lowest BCUT2D eigenvalue weighted by Crippen LogP contribution is -2.03. The summed E-state index contributed by atoms with van der Waals surface area (Å²) in [6.45, 7) is -0.717. The van der Waals surface area contributed by atoms with Crippen molar-refractivity contribution in [3.05, 3.63) is 69.3 Å². The van der Waals surface area contributed by atoms with E-state index in [1.54, 1.807) is 0 Å². The summed E-state index contributed by atoms with van der Waals surface area (Å²) in [5, 5.41) is 20.0. The molecule has 0 heterocycles. The van der Waals surface area contributed by atoms with Crippen molar-refractivity contribution in [2.24, 2.45) is 0 Å². The third kappa shape index (κ3) is 3.51. The Balaban J connectivity index is 2.24. The number of nitro groups is 1. The standard InChI is InChI=1S/C14H11F2NO4/c15-11-1-3-13(17(19)20)10(6-11)8-21-14-4-2-12(16)5-9(14)7-18/h1-6,18H,7-8H2. The highest BCUT2D eigenvalue weighted by atomic mass is 19.1. The van der Waals surface area contributed by atoms with Crippen molar-refractivity contribution in [1.82, 2.24) is 0 Å². The van der Waals surface area contributed by atoms with Gasteiger partial charge in [0.1, 0.15) is 24.0 Å². The predicted octanol–water partition coefficient (Wildman–Crippen LogP) is 2.94. The number of aliphatic hydroxyl groups is 1. The topological polar surface area (TPSA) is 72.6 Å². The molecule has 7 heteroatoms. The number of hydrogen-bond acceptors (Lipinski definition) is 4. The summed E-state index contributed by atoms with van der Waals surface area (Å²) in [6, 6.07) is 6.56. The molecule has 0 aliphatic carbocycles. The molecular weight excluding hydrogens is 284 g/mol. The summed E-state index contributed by atoms with van der Waals surface area (Å²) in [5.74, 6) is -0.985. The Morgan fingerprint density at radius 2 is 1.71 bits per heavy atom. The van der Waals surface area contributed by atoms with Crippen LogP contribution in [0.2, 0.25) is 0 Å². The van der Waals surface area contributed by atoms with Crippen LogP contribution in [0.3, 0.4) is 0 Å². The second-order valence-corrected chi connectivity index (χ2v) is 4.23. The van der Waals surface area contributed by atoms with Gasteiger partial charge in [-0.1, -0.05) is 0 Å². The molecule has 0 atom stereocenters. The van der Waals surface area contributed by atoms with Crippen molar-refractivity contribution in [2.45, 2.75) is 13.2 Å². The molecule has 110 valence electrons. The van der Waals surface area contributed by atoms with Gasteiger partial charge in [0.15, 0.2) is 0 Å². The average Bonchev–Trinajstić information content (AvgIpc) is 2.45. The number of nitro benzene ring substituents is 1. The number of benzene rings is 2. The van der Waals surface area contributed by atoms with Gasteiger partial charge in [0.2, 0.25) is 0 Å². The van der Waals surface area contributed by atoms with Gasteiger partial charge >= 0.3 is 0 Å². The summed E-state index contributed by atoms with van der Waals surface area (Å²) < 4.78 is 31.5. The highest BCUT2D eigenvalue weighted by molar-refractivity contribution is 5.41. The third-order valence-corrected chi connectivity index (χ3v) is 2.81. The number of halogens is 2. The maximum atomic E-state index is 13.2. The molecule has 0 amide bonds. The number of nitrogens with zero attached hydrogens (tertiary/aromatic N) is 1. The number of ether oxygens (including phenoxy) is 1. The molecule has 0 aromatic heterocycles. The van der Waals surface area contributed by atoms with Gasteiger partial charge in [0.25, 0.3) is 5.69 Å². The maximum absolute atomic E-state index is 13.2. The maximum Gasteiger partial charge on any atom is 0.276 e. The second-order valence-electron chi connectivity index (χ2n) is 4.23. The fourth-order valence-corrected chi connectivity index (χ4v) is 1.82. The van der Waals surface area contributed by atoms with Crippen LogP contribution in [0.4, 0.5) is 14.5 Å². The molecule has 0 saturated heterocycles. The van der Waals surface area contributed by atoms with E-state index in [1.165, 1.54) is 6.07 Å². The Bertz CT molecular complexity index is 676. The van der Waals surface area contributed by atoms with E-state index in [0.29, 0.717) is 0 Å². The Morgan fingerprint density at radius 1 is 1.10 bits per heavy atom. The molecule has 0 bridgehead atoms. The molecule has 0 radical (unpaired) electrons. The summed E-state index contributed by atoms with van der Waals surface area (Å²) >= 11 is 0. The minimum Gasteiger partial charge on any atom is -0.488 e. The van der Waals surface area contributed by atoms with E-state index in [2.05, 4.69) is 0 Å². The predicted molar refractivity (Wildman–Crippen MR) is 69.7 cm³/mol. The van der Waals surface area contributed by atoms with Gasteiger partial charge in [0, 0.05) is 11.6 Å². The van der Waals surface area contributed by atoms with E-state index < -0.39 is 23.2 Å².